The lowest BCUT2D eigenvalue weighted by atomic mass is 10.1. The maximum Gasteiger partial charge on any atom is 0.260 e. The topological polar surface area (TPSA) is 63.1 Å². The summed E-state index contributed by atoms with van der Waals surface area (Å²) in [4.78, 5) is 19.6. The number of piperidine rings is 1. The molecule has 3 aromatic rings. The summed E-state index contributed by atoms with van der Waals surface area (Å²) in [5.74, 6) is -0.555. The predicted molar refractivity (Wildman–Crippen MR) is 107 cm³/mol. The molecule has 146 valence electrons. The molecule has 1 fully saturated rings. The monoisotopic (exact) mass is 399 g/mol. The van der Waals surface area contributed by atoms with E-state index in [0.717, 1.165) is 25.3 Å². The molecular formula is C20H22FN5OS. The molecule has 3 heterocycles. The first-order valence-corrected chi connectivity index (χ1v) is 10.3. The SMILES string of the molecule is Cc1c(C(=O)Nc2nc(CN3CCCCC3)cs2)cnn1-c1ccc(F)cc1. The molecule has 0 atom stereocenters. The fourth-order valence-corrected chi connectivity index (χ4v) is 4.12. The van der Waals surface area contributed by atoms with Crippen molar-refractivity contribution in [3.05, 3.63) is 58.6 Å². The minimum Gasteiger partial charge on any atom is -0.298 e. The van der Waals surface area contributed by atoms with E-state index in [-0.39, 0.29) is 11.7 Å². The van der Waals surface area contributed by atoms with Gasteiger partial charge in [-0.3, -0.25) is 15.0 Å². The molecule has 1 aromatic carbocycles. The number of anilines is 1. The van der Waals surface area contributed by atoms with Crippen LogP contribution in [0.15, 0.2) is 35.8 Å². The van der Waals surface area contributed by atoms with E-state index in [2.05, 4.69) is 20.3 Å². The molecule has 2 aromatic heterocycles. The molecule has 1 aliphatic heterocycles. The van der Waals surface area contributed by atoms with Crippen molar-refractivity contribution in [2.24, 2.45) is 0 Å². The first kappa shape index (κ1) is 18.8. The van der Waals surface area contributed by atoms with Crippen LogP contribution in [0.5, 0.6) is 0 Å². The summed E-state index contributed by atoms with van der Waals surface area (Å²) in [5, 5.41) is 9.73. The lowest BCUT2D eigenvalue weighted by Crippen LogP contribution is -2.29. The average Bonchev–Trinajstić information content (AvgIpc) is 3.29. The van der Waals surface area contributed by atoms with Gasteiger partial charge in [0.2, 0.25) is 0 Å². The normalized spacial score (nSPS) is 14.9. The van der Waals surface area contributed by atoms with Crippen LogP contribution in [-0.2, 0) is 6.54 Å². The Morgan fingerprint density at radius 2 is 1.96 bits per heavy atom. The largest absolute Gasteiger partial charge is 0.298 e. The second-order valence-electron chi connectivity index (χ2n) is 6.97. The zero-order chi connectivity index (χ0) is 19.5. The number of aromatic nitrogens is 3. The third kappa shape index (κ3) is 4.13. The van der Waals surface area contributed by atoms with Gasteiger partial charge in [-0.2, -0.15) is 5.10 Å². The number of likely N-dealkylation sites (tertiary alicyclic amines) is 1. The van der Waals surface area contributed by atoms with Crippen molar-refractivity contribution in [1.29, 1.82) is 0 Å². The molecule has 1 aliphatic rings. The van der Waals surface area contributed by atoms with Crippen LogP contribution in [0.3, 0.4) is 0 Å². The Hall–Kier alpha value is -2.58. The third-order valence-electron chi connectivity index (χ3n) is 4.93. The first-order valence-electron chi connectivity index (χ1n) is 9.39. The van der Waals surface area contributed by atoms with E-state index in [0.29, 0.717) is 22.1 Å². The highest BCUT2D eigenvalue weighted by atomic mass is 32.1. The van der Waals surface area contributed by atoms with Crippen LogP contribution < -0.4 is 5.32 Å². The number of amides is 1. The molecule has 0 unspecified atom stereocenters. The summed E-state index contributed by atoms with van der Waals surface area (Å²) < 4.78 is 14.7. The number of nitrogens with one attached hydrogen (secondary N) is 1. The van der Waals surface area contributed by atoms with Gasteiger partial charge >= 0.3 is 0 Å². The average molecular weight is 399 g/mol. The third-order valence-corrected chi connectivity index (χ3v) is 5.74. The van der Waals surface area contributed by atoms with Crippen LogP contribution in [0, 0.1) is 12.7 Å². The van der Waals surface area contributed by atoms with Gasteiger partial charge < -0.3 is 0 Å². The van der Waals surface area contributed by atoms with Gasteiger partial charge in [0.25, 0.3) is 5.91 Å². The minimum absolute atomic E-state index is 0.246. The number of hydrogen-bond donors (Lipinski definition) is 1. The number of carbonyl (C=O) groups is 1. The van der Waals surface area contributed by atoms with E-state index in [1.807, 2.05) is 12.3 Å². The Balaban J connectivity index is 1.43. The number of thiazole rings is 1. The Kier molecular flexibility index (Phi) is 5.50. The van der Waals surface area contributed by atoms with E-state index in [1.54, 1.807) is 16.8 Å². The van der Waals surface area contributed by atoms with Crippen molar-refractivity contribution < 1.29 is 9.18 Å². The molecule has 1 saturated heterocycles. The minimum atomic E-state index is -0.310. The highest BCUT2D eigenvalue weighted by molar-refractivity contribution is 7.14. The van der Waals surface area contributed by atoms with Gasteiger partial charge in [0.15, 0.2) is 5.13 Å². The van der Waals surface area contributed by atoms with Gasteiger partial charge in [0.1, 0.15) is 5.82 Å². The smallest absolute Gasteiger partial charge is 0.260 e. The number of carbonyl (C=O) groups excluding carboxylic acids is 1. The molecule has 6 nitrogen and oxygen atoms in total. The number of nitrogens with zero attached hydrogens (tertiary/aromatic N) is 4. The molecular weight excluding hydrogens is 377 g/mol. The number of rotatable bonds is 5. The van der Waals surface area contributed by atoms with Gasteiger partial charge in [-0.15, -0.1) is 11.3 Å². The van der Waals surface area contributed by atoms with Crippen molar-refractivity contribution >= 4 is 22.4 Å². The Morgan fingerprint density at radius 3 is 2.71 bits per heavy atom. The maximum absolute atomic E-state index is 13.1. The van der Waals surface area contributed by atoms with Crippen LogP contribution in [-0.4, -0.2) is 38.7 Å². The zero-order valence-corrected chi connectivity index (χ0v) is 16.5. The first-order chi connectivity index (χ1) is 13.6. The lowest BCUT2D eigenvalue weighted by Gasteiger charge is -2.25. The predicted octanol–water partition coefficient (Wildman–Crippen LogP) is 4.01. The van der Waals surface area contributed by atoms with Gasteiger partial charge in [-0.25, -0.2) is 14.1 Å². The molecule has 1 N–H and O–H groups in total. The van der Waals surface area contributed by atoms with E-state index in [9.17, 15) is 9.18 Å². The summed E-state index contributed by atoms with van der Waals surface area (Å²) in [6.45, 7) is 4.87. The van der Waals surface area contributed by atoms with Crippen LogP contribution in [0.4, 0.5) is 9.52 Å². The second-order valence-corrected chi connectivity index (χ2v) is 7.82. The highest BCUT2D eigenvalue weighted by Crippen LogP contribution is 2.21. The van der Waals surface area contributed by atoms with Crippen LogP contribution in [0.25, 0.3) is 5.69 Å². The van der Waals surface area contributed by atoms with Crippen molar-refractivity contribution in [1.82, 2.24) is 19.7 Å². The summed E-state index contributed by atoms with van der Waals surface area (Å²) >= 11 is 1.43. The van der Waals surface area contributed by atoms with Gasteiger partial charge in [0, 0.05) is 11.9 Å². The standard InChI is InChI=1S/C20H22FN5OS/c1-14-18(11-22-26(14)17-7-5-15(21)6-8-17)19(27)24-20-23-16(13-28-20)12-25-9-3-2-4-10-25/h5-8,11,13H,2-4,9-10,12H2,1H3,(H,23,24,27). The van der Waals surface area contributed by atoms with E-state index in [4.69, 9.17) is 0 Å². The maximum atomic E-state index is 13.1. The highest BCUT2D eigenvalue weighted by Gasteiger charge is 2.17. The van der Waals surface area contributed by atoms with Crippen LogP contribution in [0.2, 0.25) is 0 Å². The Bertz CT molecular complexity index is 959. The number of benzene rings is 1. The van der Waals surface area contributed by atoms with E-state index < -0.39 is 0 Å². The molecule has 28 heavy (non-hydrogen) atoms. The second kappa shape index (κ2) is 8.20. The van der Waals surface area contributed by atoms with Crippen molar-refractivity contribution in [2.75, 3.05) is 18.4 Å². The van der Waals surface area contributed by atoms with Gasteiger partial charge in [-0.1, -0.05) is 6.42 Å². The molecule has 8 heteroatoms. The summed E-state index contributed by atoms with van der Waals surface area (Å²) in [5.41, 5.74) is 2.85. The quantitative estimate of drug-likeness (QED) is 0.704. The molecule has 0 saturated carbocycles. The molecule has 0 spiro atoms. The molecule has 0 bridgehead atoms. The molecule has 0 radical (unpaired) electrons. The van der Waals surface area contributed by atoms with Crippen molar-refractivity contribution in [3.63, 3.8) is 0 Å². The molecule has 0 aliphatic carbocycles. The van der Waals surface area contributed by atoms with Crippen LogP contribution >= 0.6 is 11.3 Å². The van der Waals surface area contributed by atoms with Gasteiger partial charge in [0.05, 0.1) is 28.8 Å². The summed E-state index contributed by atoms with van der Waals surface area (Å²) in [6, 6.07) is 6.00. The van der Waals surface area contributed by atoms with Gasteiger partial charge in [-0.05, 0) is 57.1 Å². The van der Waals surface area contributed by atoms with Crippen molar-refractivity contribution in [3.8, 4) is 5.69 Å². The fraction of sp³-hybridized carbons (Fsp3) is 0.350. The Morgan fingerprint density at radius 1 is 1.21 bits per heavy atom. The molecule has 1 amide bonds. The van der Waals surface area contributed by atoms with Crippen LogP contribution in [0.1, 0.15) is 41.0 Å². The number of hydrogen-bond acceptors (Lipinski definition) is 5. The molecule has 4 rings (SSSR count). The van der Waals surface area contributed by atoms with E-state index in [1.165, 1.54) is 48.9 Å². The summed E-state index contributed by atoms with van der Waals surface area (Å²) in [6.07, 6.45) is 5.31. The lowest BCUT2D eigenvalue weighted by molar-refractivity contribution is 0.102. The zero-order valence-electron chi connectivity index (χ0n) is 15.7. The Labute approximate surface area is 167 Å². The number of halogens is 1. The summed E-state index contributed by atoms with van der Waals surface area (Å²) in [7, 11) is 0. The van der Waals surface area contributed by atoms with E-state index >= 15 is 0 Å². The van der Waals surface area contributed by atoms with Crippen molar-refractivity contribution in [2.45, 2.75) is 32.7 Å². The fourth-order valence-electron chi connectivity index (χ4n) is 3.42.